The van der Waals surface area contributed by atoms with Crippen molar-refractivity contribution in [3.8, 4) is 0 Å². The van der Waals surface area contributed by atoms with Gasteiger partial charge in [-0.15, -0.1) is 24.0 Å². The van der Waals surface area contributed by atoms with E-state index in [1.807, 2.05) is 72.8 Å². The van der Waals surface area contributed by atoms with Crippen LogP contribution in [0.5, 0.6) is 0 Å². The molecule has 0 heterocycles. The van der Waals surface area contributed by atoms with Gasteiger partial charge in [0.2, 0.25) is 0 Å². The number of azo groups is 1. The predicted octanol–water partition coefficient (Wildman–Crippen LogP) is 8.78. The predicted molar refractivity (Wildman–Crippen MR) is 214 cm³/mol. The molecule has 0 spiro atoms. The molecule has 4 aromatic rings. The quantitative estimate of drug-likeness (QED) is 0.0696. The number of halogens is 3. The Hall–Kier alpha value is -1.71. The van der Waals surface area contributed by atoms with Crippen LogP contribution < -0.4 is 22.9 Å². The Balaban J connectivity index is 0. The van der Waals surface area contributed by atoms with Crippen molar-refractivity contribution >= 4 is 95.3 Å². The van der Waals surface area contributed by atoms with Gasteiger partial charge in [-0.3, -0.25) is 0 Å². The van der Waals surface area contributed by atoms with E-state index in [-0.39, 0.29) is 42.5 Å². The molecule has 14 heteroatoms. The van der Waals surface area contributed by atoms with Crippen molar-refractivity contribution in [2.24, 2.45) is 10.2 Å². The van der Waals surface area contributed by atoms with E-state index in [1.165, 1.54) is 0 Å². The SMILES string of the molecule is COCc1cc(N)ccc1N.COCc1cc(N=Nc2ccccc2COC)ccc1N.COCc1ccccc1N.I.II.[V]. The summed E-state index contributed by atoms with van der Waals surface area (Å²) in [7, 11) is 6.58. The van der Waals surface area contributed by atoms with E-state index in [0.717, 1.165) is 45.0 Å². The largest absolute Gasteiger partial charge is 0.399 e. The van der Waals surface area contributed by atoms with E-state index in [4.69, 9.17) is 41.9 Å². The van der Waals surface area contributed by atoms with Gasteiger partial charge in [0.05, 0.1) is 37.8 Å². The standard InChI is InChI=1S/C16H19N3O2.C8H12N2O.C8H11NO.I2.HI.V/c1-20-10-12-5-3-4-6-16(12)19-18-14-7-8-15(17)13(9-14)11-21-2;1-11-5-6-4-7(9)2-3-8(6)10;1-10-6-7-4-2-3-5-8(7)9;1-2;;/h3-9H,10-11,17H2,1-2H3;2-4H,5,9-10H2,1H3;2-5H,6,9H2,1H3;;1H;. The van der Waals surface area contributed by atoms with Crippen molar-refractivity contribution < 1.29 is 37.5 Å². The Kier molecular flexibility index (Phi) is 28.6. The van der Waals surface area contributed by atoms with Crippen molar-refractivity contribution in [2.45, 2.75) is 26.4 Å². The summed E-state index contributed by atoms with van der Waals surface area (Å²) in [5.74, 6) is 0. The number of rotatable bonds is 10. The number of ether oxygens (including phenoxy) is 4. The zero-order chi connectivity index (χ0) is 32.7. The number of hydrogen-bond acceptors (Lipinski definition) is 10. The van der Waals surface area contributed by atoms with Gasteiger partial charge in [0.1, 0.15) is 0 Å². The molecule has 8 N–H and O–H groups in total. The summed E-state index contributed by atoms with van der Waals surface area (Å²) >= 11 is 4.24. The molecule has 4 rings (SSSR count). The molecule has 0 unspecified atom stereocenters. The maximum Gasteiger partial charge on any atom is 0.0912 e. The minimum atomic E-state index is 0. The second-order valence-electron chi connectivity index (χ2n) is 9.10. The van der Waals surface area contributed by atoms with Crippen LogP contribution in [-0.2, 0) is 63.9 Å². The van der Waals surface area contributed by atoms with Crippen LogP contribution in [0.1, 0.15) is 22.3 Å². The first-order chi connectivity index (χ1) is 21.3. The maximum atomic E-state index is 5.88. The monoisotopic (exact) mass is 1010 g/mol. The van der Waals surface area contributed by atoms with Crippen LogP contribution in [0.2, 0.25) is 0 Å². The smallest absolute Gasteiger partial charge is 0.0912 e. The maximum absolute atomic E-state index is 5.88. The summed E-state index contributed by atoms with van der Waals surface area (Å²) in [5, 5.41) is 8.55. The third-order valence-corrected chi connectivity index (χ3v) is 5.81. The molecule has 0 bridgehead atoms. The van der Waals surface area contributed by atoms with Crippen LogP contribution >= 0.6 is 61.2 Å². The zero-order valence-corrected chi connectivity index (χ0v) is 34.4. The number of hydrogen-bond donors (Lipinski definition) is 4. The van der Waals surface area contributed by atoms with Crippen LogP contribution in [0.4, 0.5) is 34.1 Å². The number of para-hydroxylation sites is 1. The molecule has 46 heavy (non-hydrogen) atoms. The first-order valence-electron chi connectivity index (χ1n) is 13.3. The minimum Gasteiger partial charge on any atom is -0.399 e. The van der Waals surface area contributed by atoms with E-state index >= 15 is 0 Å². The number of benzene rings is 4. The third-order valence-electron chi connectivity index (χ3n) is 5.81. The molecular weight excluding hydrogens is 964 g/mol. The van der Waals surface area contributed by atoms with Gasteiger partial charge in [0.15, 0.2) is 0 Å². The topological polar surface area (TPSA) is 166 Å². The molecule has 0 aromatic heterocycles. The number of nitrogens with zero attached hydrogens (tertiary/aromatic N) is 2. The van der Waals surface area contributed by atoms with Gasteiger partial charge in [0.25, 0.3) is 0 Å². The molecule has 0 atom stereocenters. The second kappa shape index (κ2) is 28.3. The molecule has 251 valence electrons. The van der Waals surface area contributed by atoms with E-state index in [2.05, 4.69) is 47.5 Å². The molecule has 0 saturated carbocycles. The molecule has 0 saturated heterocycles. The Morgan fingerprint density at radius 3 is 1.52 bits per heavy atom. The number of anilines is 4. The summed E-state index contributed by atoms with van der Waals surface area (Å²) in [5.41, 5.74) is 31.0. The molecule has 0 aliphatic rings. The van der Waals surface area contributed by atoms with Gasteiger partial charge >= 0.3 is 0 Å². The van der Waals surface area contributed by atoms with Gasteiger partial charge in [0, 0.05) is 129 Å². The van der Waals surface area contributed by atoms with Crippen molar-refractivity contribution in [1.82, 2.24) is 0 Å². The summed E-state index contributed by atoms with van der Waals surface area (Å²) in [6.45, 7) is 2.06. The van der Waals surface area contributed by atoms with E-state index in [1.54, 1.807) is 40.6 Å². The van der Waals surface area contributed by atoms with Crippen molar-refractivity contribution in [1.29, 1.82) is 0 Å². The van der Waals surface area contributed by atoms with Gasteiger partial charge in [-0.05, 0) is 48.5 Å². The Morgan fingerprint density at radius 2 is 0.957 bits per heavy atom. The third kappa shape index (κ3) is 18.0. The van der Waals surface area contributed by atoms with Crippen LogP contribution in [0.15, 0.2) is 95.2 Å². The summed E-state index contributed by atoms with van der Waals surface area (Å²) < 4.78 is 20.1. The molecular formula is C32H43I3N6O4V. The molecule has 0 fully saturated rings. The van der Waals surface area contributed by atoms with Crippen molar-refractivity contribution in [3.05, 3.63) is 107 Å². The first kappa shape index (κ1) is 46.4. The van der Waals surface area contributed by atoms with E-state index < -0.39 is 0 Å². The molecule has 0 amide bonds. The van der Waals surface area contributed by atoms with Crippen molar-refractivity contribution in [2.75, 3.05) is 51.4 Å². The average molecular weight is 1010 g/mol. The van der Waals surface area contributed by atoms with Gasteiger partial charge in [-0.2, -0.15) is 10.2 Å². The fourth-order valence-electron chi connectivity index (χ4n) is 3.66. The Labute approximate surface area is 325 Å². The van der Waals surface area contributed by atoms with Crippen LogP contribution in [-0.4, -0.2) is 28.4 Å². The zero-order valence-electron chi connectivity index (χ0n) is 26.4. The second-order valence-corrected chi connectivity index (χ2v) is 9.10. The Bertz CT molecular complexity index is 1420. The summed E-state index contributed by atoms with van der Waals surface area (Å²) in [4.78, 5) is 0. The number of nitrogens with two attached hydrogens (primary N) is 4. The van der Waals surface area contributed by atoms with E-state index in [9.17, 15) is 0 Å². The molecule has 4 aromatic carbocycles. The van der Waals surface area contributed by atoms with Crippen molar-refractivity contribution in [3.63, 3.8) is 0 Å². The Morgan fingerprint density at radius 1 is 0.522 bits per heavy atom. The molecule has 1 radical (unpaired) electrons. The van der Waals surface area contributed by atoms with Crippen LogP contribution in [0, 0.1) is 0 Å². The van der Waals surface area contributed by atoms with Gasteiger partial charge < -0.3 is 41.9 Å². The van der Waals surface area contributed by atoms with Gasteiger partial charge in [-0.25, -0.2) is 0 Å². The first-order valence-corrected chi connectivity index (χ1v) is 19.6. The van der Waals surface area contributed by atoms with Crippen LogP contribution in [0.25, 0.3) is 0 Å². The summed E-state index contributed by atoms with van der Waals surface area (Å²) in [6, 6.07) is 26.3. The van der Waals surface area contributed by atoms with Gasteiger partial charge in [-0.1, -0.05) is 36.4 Å². The normalized spacial score (nSPS) is 9.70. The van der Waals surface area contributed by atoms with Crippen LogP contribution in [0.3, 0.4) is 0 Å². The molecule has 0 aliphatic carbocycles. The average Bonchev–Trinajstić information content (AvgIpc) is 3.03. The number of methoxy groups -OCH3 is 4. The molecule has 10 nitrogen and oxygen atoms in total. The molecule has 0 aliphatic heterocycles. The number of nitrogen functional groups attached to an aromatic ring is 4. The fraction of sp³-hybridized carbons (Fsp3) is 0.250. The fourth-order valence-corrected chi connectivity index (χ4v) is 3.66. The summed E-state index contributed by atoms with van der Waals surface area (Å²) in [6.07, 6.45) is 0. The van der Waals surface area contributed by atoms with E-state index in [0.29, 0.717) is 37.8 Å². The minimum absolute atomic E-state index is 0.